The van der Waals surface area contributed by atoms with E-state index < -0.39 is 0 Å². The van der Waals surface area contributed by atoms with Crippen LogP contribution in [0.2, 0.25) is 0 Å². The molecule has 0 spiro atoms. The van der Waals surface area contributed by atoms with Gasteiger partial charge in [-0.15, -0.1) is 0 Å². The maximum absolute atomic E-state index is 13.1. The molecule has 1 aliphatic carbocycles. The van der Waals surface area contributed by atoms with Crippen LogP contribution in [0.5, 0.6) is 0 Å². The molecule has 0 radical (unpaired) electrons. The molecular weight excluding hydrogens is 231 g/mol. The molecule has 2 N–H and O–H groups in total. The summed E-state index contributed by atoms with van der Waals surface area (Å²) in [5.41, 5.74) is 6.75. The predicted octanol–water partition coefficient (Wildman–Crippen LogP) is 1.49. The maximum atomic E-state index is 13.1. The minimum atomic E-state index is -0.228. The Kier molecular flexibility index (Phi) is 2.82. The lowest BCUT2D eigenvalue weighted by molar-refractivity contribution is -0.131. The number of hydrogen-bond acceptors (Lipinski definition) is 2. The van der Waals surface area contributed by atoms with Crippen molar-refractivity contribution in [3.63, 3.8) is 0 Å². The van der Waals surface area contributed by atoms with Crippen LogP contribution in [-0.2, 0) is 4.79 Å². The van der Waals surface area contributed by atoms with E-state index in [2.05, 4.69) is 0 Å². The van der Waals surface area contributed by atoms with E-state index in [4.69, 9.17) is 5.73 Å². The minimum absolute atomic E-state index is 0.0390. The molecule has 1 heterocycles. The molecule has 3 rings (SSSR count). The van der Waals surface area contributed by atoms with Gasteiger partial charge in [0.1, 0.15) is 5.82 Å². The smallest absolute Gasteiger partial charge is 0.226 e. The van der Waals surface area contributed by atoms with Crippen LogP contribution in [0.3, 0.4) is 0 Å². The summed E-state index contributed by atoms with van der Waals surface area (Å²) >= 11 is 0. The summed E-state index contributed by atoms with van der Waals surface area (Å²) in [5.74, 6) is 0.202. The molecule has 1 aliphatic heterocycles. The van der Waals surface area contributed by atoms with Crippen molar-refractivity contribution in [1.82, 2.24) is 4.90 Å². The van der Waals surface area contributed by atoms with Crippen LogP contribution in [0.15, 0.2) is 24.3 Å². The zero-order valence-electron chi connectivity index (χ0n) is 10.2. The largest absolute Gasteiger partial charge is 0.341 e. The van der Waals surface area contributed by atoms with E-state index >= 15 is 0 Å². The number of benzene rings is 1. The molecule has 1 saturated heterocycles. The fourth-order valence-corrected chi connectivity index (χ4v) is 2.80. The molecule has 4 heteroatoms. The summed E-state index contributed by atoms with van der Waals surface area (Å²) in [6, 6.07) is 6.70. The molecule has 3 nitrogen and oxygen atoms in total. The van der Waals surface area contributed by atoms with Crippen LogP contribution in [0.4, 0.5) is 4.39 Å². The second-order valence-electron chi connectivity index (χ2n) is 5.34. The third kappa shape index (κ3) is 2.12. The Labute approximate surface area is 106 Å². The molecule has 1 aromatic rings. The Balaban J connectivity index is 1.65. The van der Waals surface area contributed by atoms with Crippen molar-refractivity contribution < 1.29 is 9.18 Å². The summed E-state index contributed by atoms with van der Waals surface area (Å²) in [5, 5.41) is 0. The first-order valence-corrected chi connectivity index (χ1v) is 6.45. The normalized spacial score (nSPS) is 30.6. The van der Waals surface area contributed by atoms with Crippen molar-refractivity contribution >= 4 is 5.91 Å². The molecule has 2 aliphatic rings. The average Bonchev–Trinajstić information content (AvgIpc) is 3.04. The Hall–Kier alpha value is -1.42. The highest BCUT2D eigenvalue weighted by Gasteiger charge is 2.46. The van der Waals surface area contributed by atoms with E-state index in [9.17, 15) is 9.18 Å². The van der Waals surface area contributed by atoms with Crippen molar-refractivity contribution in [2.75, 3.05) is 13.1 Å². The van der Waals surface area contributed by atoms with Crippen LogP contribution in [0, 0.1) is 11.7 Å². The van der Waals surface area contributed by atoms with E-state index in [-0.39, 0.29) is 29.6 Å². The molecule has 0 bridgehead atoms. The minimum Gasteiger partial charge on any atom is -0.341 e. The Bertz CT molecular complexity index is 477. The van der Waals surface area contributed by atoms with Crippen LogP contribution >= 0.6 is 0 Å². The van der Waals surface area contributed by atoms with Crippen molar-refractivity contribution in [2.45, 2.75) is 24.8 Å². The number of halogens is 1. The van der Waals surface area contributed by atoms with E-state index in [1.54, 1.807) is 6.07 Å². The number of hydrogen-bond donors (Lipinski definition) is 1. The molecule has 2 fully saturated rings. The molecule has 3 atom stereocenters. The Morgan fingerprint density at radius 1 is 1.44 bits per heavy atom. The van der Waals surface area contributed by atoms with Crippen molar-refractivity contribution in [3.05, 3.63) is 35.6 Å². The first-order valence-electron chi connectivity index (χ1n) is 6.45. The number of likely N-dealkylation sites (tertiary alicyclic amines) is 1. The summed E-state index contributed by atoms with van der Waals surface area (Å²) in [4.78, 5) is 14.1. The zero-order chi connectivity index (χ0) is 12.7. The highest BCUT2D eigenvalue weighted by molar-refractivity contribution is 5.83. The highest BCUT2D eigenvalue weighted by Crippen LogP contribution is 2.48. The van der Waals surface area contributed by atoms with E-state index in [1.807, 2.05) is 11.0 Å². The van der Waals surface area contributed by atoms with Gasteiger partial charge in [-0.3, -0.25) is 4.79 Å². The van der Waals surface area contributed by atoms with Gasteiger partial charge in [0.05, 0.1) is 0 Å². The van der Waals surface area contributed by atoms with Crippen molar-refractivity contribution in [2.24, 2.45) is 11.7 Å². The number of nitrogens with zero attached hydrogens (tertiary/aromatic N) is 1. The quantitative estimate of drug-likeness (QED) is 0.862. The van der Waals surface area contributed by atoms with Gasteiger partial charge in [-0.25, -0.2) is 4.39 Å². The number of nitrogens with two attached hydrogens (primary N) is 1. The number of carbonyl (C=O) groups is 1. The number of amides is 1. The monoisotopic (exact) mass is 248 g/mol. The van der Waals surface area contributed by atoms with E-state index in [1.165, 1.54) is 12.1 Å². The summed E-state index contributed by atoms with van der Waals surface area (Å²) in [7, 11) is 0. The Morgan fingerprint density at radius 2 is 2.28 bits per heavy atom. The highest BCUT2D eigenvalue weighted by atomic mass is 19.1. The molecule has 3 unspecified atom stereocenters. The number of rotatable bonds is 2. The molecule has 1 amide bonds. The lowest BCUT2D eigenvalue weighted by atomic mass is 10.1. The molecule has 1 aromatic carbocycles. The van der Waals surface area contributed by atoms with Crippen LogP contribution in [0.1, 0.15) is 24.3 Å². The first-order chi connectivity index (χ1) is 8.65. The van der Waals surface area contributed by atoms with Gasteiger partial charge in [0, 0.05) is 25.0 Å². The van der Waals surface area contributed by atoms with Gasteiger partial charge in [-0.05, 0) is 36.5 Å². The molecule has 0 aromatic heterocycles. The van der Waals surface area contributed by atoms with Crippen LogP contribution in [-0.4, -0.2) is 29.9 Å². The lowest BCUT2D eigenvalue weighted by Gasteiger charge is -2.15. The van der Waals surface area contributed by atoms with E-state index in [0.29, 0.717) is 6.54 Å². The van der Waals surface area contributed by atoms with Gasteiger partial charge in [0.15, 0.2) is 0 Å². The second kappa shape index (κ2) is 4.35. The predicted molar refractivity (Wildman–Crippen MR) is 66.4 cm³/mol. The lowest BCUT2D eigenvalue weighted by Crippen LogP contribution is -2.33. The topological polar surface area (TPSA) is 46.3 Å². The molecule has 96 valence electrons. The Morgan fingerprint density at radius 3 is 2.94 bits per heavy atom. The van der Waals surface area contributed by atoms with Crippen LogP contribution < -0.4 is 5.73 Å². The van der Waals surface area contributed by atoms with Crippen molar-refractivity contribution in [1.29, 1.82) is 0 Å². The molecular formula is C14H17FN2O. The zero-order valence-corrected chi connectivity index (χ0v) is 10.2. The maximum Gasteiger partial charge on any atom is 0.226 e. The van der Waals surface area contributed by atoms with Gasteiger partial charge >= 0.3 is 0 Å². The third-order valence-corrected chi connectivity index (χ3v) is 3.92. The van der Waals surface area contributed by atoms with Crippen molar-refractivity contribution in [3.8, 4) is 0 Å². The summed E-state index contributed by atoms with van der Waals surface area (Å²) in [6.45, 7) is 1.44. The second-order valence-corrected chi connectivity index (χ2v) is 5.34. The molecule has 1 saturated carbocycles. The molecule has 18 heavy (non-hydrogen) atoms. The van der Waals surface area contributed by atoms with Gasteiger partial charge < -0.3 is 10.6 Å². The SMILES string of the molecule is NC1CCN(C(=O)C2CC2c2cccc(F)c2)C1. The fourth-order valence-electron chi connectivity index (χ4n) is 2.80. The van der Waals surface area contributed by atoms with Crippen LogP contribution in [0.25, 0.3) is 0 Å². The first kappa shape index (κ1) is 11.7. The standard InChI is InChI=1S/C14H17FN2O/c15-10-3-1-2-9(6-10)12-7-13(12)14(18)17-5-4-11(16)8-17/h1-3,6,11-13H,4-5,7-8,16H2. The average molecular weight is 248 g/mol. The fraction of sp³-hybridized carbons (Fsp3) is 0.500. The van der Waals surface area contributed by atoms with Gasteiger partial charge in [-0.2, -0.15) is 0 Å². The summed E-state index contributed by atoms with van der Waals surface area (Å²) < 4.78 is 13.1. The van der Waals surface area contributed by atoms with E-state index in [0.717, 1.165) is 24.9 Å². The van der Waals surface area contributed by atoms with Gasteiger partial charge in [0.2, 0.25) is 5.91 Å². The third-order valence-electron chi connectivity index (χ3n) is 3.92. The summed E-state index contributed by atoms with van der Waals surface area (Å²) in [6.07, 6.45) is 1.73. The number of carbonyl (C=O) groups excluding carboxylic acids is 1. The van der Waals surface area contributed by atoms with Gasteiger partial charge in [-0.1, -0.05) is 12.1 Å². The van der Waals surface area contributed by atoms with Gasteiger partial charge in [0.25, 0.3) is 0 Å².